The van der Waals surface area contributed by atoms with Crippen molar-refractivity contribution in [3.63, 3.8) is 0 Å². The fourth-order valence-electron chi connectivity index (χ4n) is 3.23. The van der Waals surface area contributed by atoms with Crippen LogP contribution in [0.25, 0.3) is 0 Å². The summed E-state index contributed by atoms with van der Waals surface area (Å²) in [5.74, 6) is -0.269. The number of nitrogens with one attached hydrogen (secondary N) is 2. The Morgan fingerprint density at radius 2 is 1.47 bits per heavy atom. The number of carbonyl (C=O) groups is 1. The molecule has 0 radical (unpaired) electrons. The lowest BCUT2D eigenvalue weighted by atomic mass is 10.1. The lowest BCUT2D eigenvalue weighted by molar-refractivity contribution is 0.112. The minimum absolute atomic E-state index is 0.0780. The van der Waals surface area contributed by atoms with Crippen molar-refractivity contribution in [2.24, 2.45) is 0 Å². The Kier molecular flexibility index (Phi) is 16.4. The number of benzene rings is 2. The molecule has 3 aromatic rings. The number of carbonyl (C=O) groups excluding carboxylic acids is 1. The number of hydrogen-bond donors (Lipinski definition) is 4. The van der Waals surface area contributed by atoms with E-state index in [0.717, 1.165) is 12.7 Å². The second-order valence-corrected chi connectivity index (χ2v) is 7.24. The van der Waals surface area contributed by atoms with Gasteiger partial charge in [-0.15, -0.1) is 12.8 Å². The number of aromatic hydroxyl groups is 1. The van der Waals surface area contributed by atoms with Gasteiger partial charge in [0, 0.05) is 13.7 Å². The molecule has 0 amide bonds. The van der Waals surface area contributed by atoms with Crippen LogP contribution in [0, 0.1) is 12.8 Å². The molecule has 0 atom stereocenters. The molecule has 0 bridgehead atoms. The first-order valence-electron chi connectivity index (χ1n) is 11.6. The first kappa shape index (κ1) is 32.1. The van der Waals surface area contributed by atoms with Crippen LogP contribution >= 0.6 is 0 Å². The maximum atomic E-state index is 11.8. The van der Waals surface area contributed by atoms with Gasteiger partial charge in [-0.25, -0.2) is 0 Å². The number of terminal acetylenes is 1. The van der Waals surface area contributed by atoms with Gasteiger partial charge in [-0.1, -0.05) is 50.2 Å². The van der Waals surface area contributed by atoms with Crippen LogP contribution in [0.3, 0.4) is 0 Å². The monoisotopic (exact) mass is 495 g/mol. The Balaban J connectivity index is 0.000000859. The van der Waals surface area contributed by atoms with E-state index in [2.05, 4.69) is 35.4 Å². The summed E-state index contributed by atoms with van der Waals surface area (Å²) in [5, 5.41) is 22.6. The number of phenols is 1. The second kappa shape index (κ2) is 18.4. The molecule has 8 nitrogen and oxygen atoms in total. The maximum Gasteiger partial charge on any atom is 0.253 e. The van der Waals surface area contributed by atoms with E-state index in [4.69, 9.17) is 5.11 Å². The van der Waals surface area contributed by atoms with E-state index in [0.29, 0.717) is 12.8 Å². The Bertz CT molecular complexity index is 1110. The molecule has 0 unspecified atom stereocenters. The predicted octanol–water partition coefficient (Wildman–Crippen LogP) is 3.75. The molecule has 0 aromatic heterocycles. The van der Waals surface area contributed by atoms with E-state index in [1.807, 2.05) is 44.2 Å². The van der Waals surface area contributed by atoms with Crippen molar-refractivity contribution in [1.29, 1.82) is 0 Å². The smallest absolute Gasteiger partial charge is 0.253 e. The average molecular weight is 496 g/mol. The van der Waals surface area contributed by atoms with Gasteiger partial charge < -0.3 is 25.7 Å². The van der Waals surface area contributed by atoms with Gasteiger partial charge in [-0.3, -0.25) is 14.4 Å². The number of nitrogens with zero attached hydrogens (tertiary/aromatic N) is 1. The van der Waals surface area contributed by atoms with Crippen LogP contribution < -0.4 is 21.5 Å². The third-order valence-corrected chi connectivity index (χ3v) is 5.01. The minimum atomic E-state index is -0.665. The number of aldehydes is 1. The Morgan fingerprint density at radius 3 is 1.97 bits per heavy atom. The van der Waals surface area contributed by atoms with Crippen molar-refractivity contribution in [3.05, 3.63) is 80.1 Å². The summed E-state index contributed by atoms with van der Waals surface area (Å²) < 4.78 is 0. The van der Waals surface area contributed by atoms with Crippen LogP contribution in [0.4, 0.5) is 17.1 Å². The molecule has 1 saturated heterocycles. The van der Waals surface area contributed by atoms with E-state index in [1.165, 1.54) is 38.1 Å². The molecule has 0 saturated carbocycles. The van der Waals surface area contributed by atoms with Crippen molar-refractivity contribution in [1.82, 2.24) is 4.90 Å². The van der Waals surface area contributed by atoms with Crippen molar-refractivity contribution in [2.75, 3.05) is 37.9 Å². The molecule has 36 heavy (non-hydrogen) atoms. The molecule has 0 spiro atoms. The zero-order chi connectivity index (χ0) is 27.5. The quantitative estimate of drug-likeness (QED) is 0.177. The molecule has 1 aliphatic heterocycles. The topological polar surface area (TPSA) is 119 Å². The number of rotatable bonds is 6. The number of anilines is 3. The number of hydrogen-bond acceptors (Lipinski definition) is 8. The van der Waals surface area contributed by atoms with E-state index in [9.17, 15) is 19.5 Å². The van der Waals surface area contributed by atoms with Gasteiger partial charge in [0.15, 0.2) is 6.29 Å². The zero-order valence-electron chi connectivity index (χ0n) is 21.5. The second-order valence-electron chi connectivity index (χ2n) is 7.24. The fourth-order valence-corrected chi connectivity index (χ4v) is 3.23. The van der Waals surface area contributed by atoms with Crippen LogP contribution in [0.1, 0.15) is 42.6 Å². The summed E-state index contributed by atoms with van der Waals surface area (Å²) in [7, 11) is 3.17. The largest absolute Gasteiger partial charge is 0.505 e. The number of aliphatic hydroxyl groups excluding tert-OH is 1. The highest BCUT2D eigenvalue weighted by atomic mass is 16.3. The lowest BCUT2D eigenvalue weighted by Gasteiger charge is -2.16. The molecule has 1 aliphatic rings. The number of aliphatic hydroxyl groups is 1. The highest BCUT2D eigenvalue weighted by Crippen LogP contribution is 2.30. The molecule has 8 heteroatoms. The molecular weight excluding hydrogens is 458 g/mol. The van der Waals surface area contributed by atoms with E-state index < -0.39 is 10.9 Å². The first-order chi connectivity index (χ1) is 17.5. The van der Waals surface area contributed by atoms with E-state index >= 15 is 0 Å². The third kappa shape index (κ3) is 9.37. The van der Waals surface area contributed by atoms with Gasteiger partial charge in [-0.05, 0) is 50.7 Å². The van der Waals surface area contributed by atoms with Crippen LogP contribution in [0.2, 0.25) is 0 Å². The SMILES string of the molecule is C#C.CC.CN1CCCC1.CO.O=Cc1cccc(Nc2c(NCc3ccccc3)c(=O)c2=O)c1O. The maximum absolute atomic E-state index is 11.8. The molecule has 1 heterocycles. The van der Waals surface area contributed by atoms with Gasteiger partial charge in [0.05, 0.1) is 11.3 Å². The molecular formula is C28H37N3O5. The number of para-hydroxylation sites is 1. The standard InChI is InChI=1S/C18H14N2O4.C5H11N.C2H6.C2H2.CH4O/c21-10-12-7-4-8-13(16(12)22)20-15-14(17(23)18(15)24)19-9-11-5-2-1-3-6-11;1-6-4-2-3-5-6;3*1-2/h1-8,10,19-20,22H,9H2;2-5H2,1H3;1-2H3;1-2H;2H,1H3. The summed E-state index contributed by atoms with van der Waals surface area (Å²) in [5.41, 5.74) is 0.212. The average Bonchev–Trinajstić information content (AvgIpc) is 3.44. The highest BCUT2D eigenvalue weighted by molar-refractivity contribution is 5.87. The summed E-state index contributed by atoms with van der Waals surface area (Å²) in [6, 6.07) is 14.0. The van der Waals surface area contributed by atoms with Gasteiger partial charge in [-0.2, -0.15) is 0 Å². The third-order valence-electron chi connectivity index (χ3n) is 5.01. The summed E-state index contributed by atoms with van der Waals surface area (Å²) >= 11 is 0. The number of phenolic OH excluding ortho intramolecular Hbond substituents is 1. The molecule has 3 aromatic carbocycles. The van der Waals surface area contributed by atoms with Gasteiger partial charge >= 0.3 is 0 Å². The normalized spacial score (nSPS) is 11.6. The minimum Gasteiger partial charge on any atom is -0.505 e. The zero-order valence-corrected chi connectivity index (χ0v) is 21.5. The molecule has 4 rings (SSSR count). The van der Waals surface area contributed by atoms with Crippen LogP contribution in [0.5, 0.6) is 5.75 Å². The van der Waals surface area contributed by atoms with Gasteiger partial charge in [0.25, 0.3) is 10.9 Å². The van der Waals surface area contributed by atoms with Crippen molar-refractivity contribution < 1.29 is 15.0 Å². The van der Waals surface area contributed by atoms with Crippen molar-refractivity contribution in [3.8, 4) is 18.6 Å². The summed E-state index contributed by atoms with van der Waals surface area (Å²) in [4.78, 5) is 36.8. The Morgan fingerprint density at radius 1 is 0.917 bits per heavy atom. The van der Waals surface area contributed by atoms with E-state index in [-0.39, 0.29) is 28.4 Å². The summed E-state index contributed by atoms with van der Waals surface area (Å²) in [6.07, 6.45) is 11.3. The molecule has 0 aliphatic carbocycles. The predicted molar refractivity (Wildman–Crippen MR) is 148 cm³/mol. The van der Waals surface area contributed by atoms with Crippen LogP contribution in [-0.2, 0) is 6.54 Å². The number of likely N-dealkylation sites (tertiary alicyclic amines) is 1. The molecule has 4 N–H and O–H groups in total. The van der Waals surface area contributed by atoms with Crippen molar-refractivity contribution in [2.45, 2.75) is 33.2 Å². The van der Waals surface area contributed by atoms with Gasteiger partial charge in [0.2, 0.25) is 0 Å². The van der Waals surface area contributed by atoms with Crippen LogP contribution in [-0.4, -0.2) is 48.6 Å². The van der Waals surface area contributed by atoms with Crippen molar-refractivity contribution >= 4 is 23.3 Å². The molecule has 1 fully saturated rings. The van der Waals surface area contributed by atoms with Gasteiger partial charge in [0.1, 0.15) is 17.1 Å². The Hall–Kier alpha value is -3.93. The Labute approximate surface area is 213 Å². The lowest BCUT2D eigenvalue weighted by Crippen LogP contribution is -2.36. The fraction of sp³-hybridized carbons (Fsp3) is 0.321. The van der Waals surface area contributed by atoms with Crippen LogP contribution in [0.15, 0.2) is 58.1 Å². The highest BCUT2D eigenvalue weighted by Gasteiger charge is 2.22. The first-order valence-corrected chi connectivity index (χ1v) is 11.6. The van der Waals surface area contributed by atoms with E-state index in [1.54, 1.807) is 6.07 Å². The molecule has 194 valence electrons. The summed E-state index contributed by atoms with van der Waals surface area (Å²) in [6.45, 7) is 7.03.